The third kappa shape index (κ3) is 2.57. The van der Waals surface area contributed by atoms with Crippen LogP contribution in [0.5, 0.6) is 5.75 Å². The smallest absolute Gasteiger partial charge is 0.311 e. The van der Waals surface area contributed by atoms with Crippen LogP contribution in [-0.2, 0) is 0 Å². The first-order valence-corrected chi connectivity index (χ1v) is 6.59. The van der Waals surface area contributed by atoms with Gasteiger partial charge in [0, 0.05) is 11.6 Å². The average Bonchev–Trinajstić information content (AvgIpc) is 3.17. The van der Waals surface area contributed by atoms with E-state index in [-0.39, 0.29) is 23.4 Å². The number of nitrogens with zero attached hydrogens (tertiary/aromatic N) is 3. The second kappa shape index (κ2) is 5.49. The highest BCUT2D eigenvalue weighted by Crippen LogP contribution is 2.32. The SMILES string of the molecule is COc1ccc(-c2nc(C3CCCN3)no2)cc1[N+](=O)[O-]. The van der Waals surface area contributed by atoms with Gasteiger partial charge >= 0.3 is 5.69 Å². The molecule has 1 fully saturated rings. The molecule has 1 aromatic carbocycles. The van der Waals surface area contributed by atoms with Gasteiger partial charge in [-0.3, -0.25) is 10.1 Å². The van der Waals surface area contributed by atoms with Gasteiger partial charge in [0.2, 0.25) is 0 Å². The van der Waals surface area contributed by atoms with Gasteiger partial charge in [0.05, 0.1) is 18.1 Å². The van der Waals surface area contributed by atoms with Crippen LogP contribution in [0.1, 0.15) is 24.7 Å². The van der Waals surface area contributed by atoms with Crippen LogP contribution in [0.25, 0.3) is 11.5 Å². The van der Waals surface area contributed by atoms with Crippen LogP contribution in [0.15, 0.2) is 22.7 Å². The zero-order valence-corrected chi connectivity index (χ0v) is 11.4. The van der Waals surface area contributed by atoms with E-state index in [4.69, 9.17) is 9.26 Å². The first-order chi connectivity index (χ1) is 10.2. The maximum atomic E-state index is 11.0. The second-order valence-electron chi connectivity index (χ2n) is 4.75. The van der Waals surface area contributed by atoms with Crippen LogP contribution in [0.2, 0.25) is 0 Å². The van der Waals surface area contributed by atoms with Gasteiger partial charge in [-0.1, -0.05) is 5.16 Å². The van der Waals surface area contributed by atoms with E-state index < -0.39 is 4.92 Å². The zero-order valence-electron chi connectivity index (χ0n) is 11.4. The molecule has 21 heavy (non-hydrogen) atoms. The lowest BCUT2D eigenvalue weighted by atomic mass is 10.2. The Bertz CT molecular complexity index is 664. The standard InChI is InChI=1S/C13H14N4O4/c1-20-11-5-4-8(7-10(11)17(18)19)13-15-12(16-21-13)9-3-2-6-14-9/h4-5,7,9,14H,2-3,6H2,1H3. The number of nitro groups is 1. The Morgan fingerprint density at radius 2 is 2.38 bits per heavy atom. The summed E-state index contributed by atoms with van der Waals surface area (Å²) in [6.07, 6.45) is 2.03. The minimum Gasteiger partial charge on any atom is -0.490 e. The predicted octanol–water partition coefficient (Wildman–Crippen LogP) is 2.08. The number of hydrogen-bond acceptors (Lipinski definition) is 7. The molecule has 1 unspecified atom stereocenters. The molecule has 8 heteroatoms. The van der Waals surface area contributed by atoms with E-state index in [1.165, 1.54) is 19.2 Å². The number of aromatic nitrogens is 2. The lowest BCUT2D eigenvalue weighted by molar-refractivity contribution is -0.385. The minimum absolute atomic E-state index is 0.0933. The molecule has 1 aliphatic rings. The second-order valence-corrected chi connectivity index (χ2v) is 4.75. The van der Waals surface area contributed by atoms with E-state index in [1.807, 2.05) is 0 Å². The molecule has 110 valence electrons. The molecule has 0 spiro atoms. The molecule has 1 aromatic heterocycles. The third-order valence-electron chi connectivity index (χ3n) is 3.44. The third-order valence-corrected chi connectivity index (χ3v) is 3.44. The molecular formula is C13H14N4O4. The quantitative estimate of drug-likeness (QED) is 0.679. The van der Waals surface area contributed by atoms with Crippen molar-refractivity contribution in [2.24, 2.45) is 0 Å². The molecule has 1 saturated heterocycles. The molecule has 0 bridgehead atoms. The minimum atomic E-state index is -0.502. The van der Waals surface area contributed by atoms with Crippen LogP contribution in [-0.4, -0.2) is 28.7 Å². The van der Waals surface area contributed by atoms with Crippen molar-refractivity contribution in [3.63, 3.8) is 0 Å². The van der Waals surface area contributed by atoms with Crippen LogP contribution >= 0.6 is 0 Å². The predicted molar refractivity (Wildman–Crippen MR) is 72.9 cm³/mol. The summed E-state index contributed by atoms with van der Waals surface area (Å²) in [5.74, 6) is 1.05. The average molecular weight is 290 g/mol. The van der Waals surface area contributed by atoms with Gasteiger partial charge in [-0.2, -0.15) is 4.98 Å². The molecule has 8 nitrogen and oxygen atoms in total. The van der Waals surface area contributed by atoms with E-state index in [0.717, 1.165) is 19.4 Å². The molecule has 3 rings (SSSR count). The van der Waals surface area contributed by atoms with Crippen LogP contribution in [0.3, 0.4) is 0 Å². The first-order valence-electron chi connectivity index (χ1n) is 6.59. The Balaban J connectivity index is 1.93. The number of nitro benzene ring substituents is 1. The fraction of sp³-hybridized carbons (Fsp3) is 0.385. The summed E-state index contributed by atoms with van der Waals surface area (Å²) in [6.45, 7) is 0.933. The summed E-state index contributed by atoms with van der Waals surface area (Å²) in [6, 6.07) is 4.64. The molecule has 0 saturated carbocycles. The number of ether oxygens (including phenoxy) is 1. The molecule has 0 radical (unpaired) electrons. The molecule has 1 atom stereocenters. The van der Waals surface area contributed by atoms with Crippen molar-refractivity contribution >= 4 is 5.69 Å². The summed E-state index contributed by atoms with van der Waals surface area (Å²) in [5.41, 5.74) is 0.369. The van der Waals surface area contributed by atoms with Gasteiger partial charge in [-0.05, 0) is 31.5 Å². The molecule has 0 amide bonds. The van der Waals surface area contributed by atoms with E-state index in [9.17, 15) is 10.1 Å². The first kappa shape index (κ1) is 13.5. The largest absolute Gasteiger partial charge is 0.490 e. The van der Waals surface area contributed by atoms with Gasteiger partial charge in [0.15, 0.2) is 11.6 Å². The van der Waals surface area contributed by atoms with E-state index in [1.54, 1.807) is 6.07 Å². The van der Waals surface area contributed by atoms with E-state index in [0.29, 0.717) is 11.4 Å². The monoisotopic (exact) mass is 290 g/mol. The normalized spacial score (nSPS) is 17.9. The van der Waals surface area contributed by atoms with Crippen molar-refractivity contribution in [1.29, 1.82) is 0 Å². The molecule has 1 aliphatic heterocycles. The molecular weight excluding hydrogens is 276 g/mol. The van der Waals surface area contributed by atoms with Crippen molar-refractivity contribution < 1.29 is 14.2 Å². The summed E-state index contributed by atoms with van der Waals surface area (Å²) in [4.78, 5) is 14.8. The summed E-state index contributed by atoms with van der Waals surface area (Å²) >= 11 is 0. The summed E-state index contributed by atoms with van der Waals surface area (Å²) in [7, 11) is 1.39. The van der Waals surface area contributed by atoms with Crippen molar-refractivity contribution in [2.45, 2.75) is 18.9 Å². The summed E-state index contributed by atoms with van der Waals surface area (Å²) < 4.78 is 10.2. The number of hydrogen-bond donors (Lipinski definition) is 1. The Morgan fingerprint density at radius 3 is 3.05 bits per heavy atom. The van der Waals surface area contributed by atoms with Crippen molar-refractivity contribution in [2.75, 3.05) is 13.7 Å². The van der Waals surface area contributed by atoms with Gasteiger partial charge in [-0.15, -0.1) is 0 Å². The molecule has 1 N–H and O–H groups in total. The van der Waals surface area contributed by atoms with Crippen molar-refractivity contribution in [3.05, 3.63) is 34.1 Å². The fourth-order valence-corrected chi connectivity index (χ4v) is 2.36. The number of rotatable bonds is 4. The highest BCUT2D eigenvalue weighted by atomic mass is 16.6. The number of benzene rings is 1. The number of methoxy groups -OCH3 is 1. The lowest BCUT2D eigenvalue weighted by Crippen LogP contribution is -2.14. The van der Waals surface area contributed by atoms with Crippen LogP contribution < -0.4 is 10.1 Å². The molecule has 2 aromatic rings. The topological polar surface area (TPSA) is 103 Å². The molecule has 0 aliphatic carbocycles. The van der Waals surface area contributed by atoms with Crippen molar-refractivity contribution in [1.82, 2.24) is 15.5 Å². The van der Waals surface area contributed by atoms with Crippen LogP contribution in [0, 0.1) is 10.1 Å². The Labute approximate surface area is 120 Å². The van der Waals surface area contributed by atoms with Gasteiger partial charge in [0.25, 0.3) is 5.89 Å². The summed E-state index contributed by atoms with van der Waals surface area (Å²) in [5, 5.41) is 18.2. The Kier molecular flexibility index (Phi) is 3.53. The van der Waals surface area contributed by atoms with Crippen molar-refractivity contribution in [3.8, 4) is 17.2 Å². The van der Waals surface area contributed by atoms with Gasteiger partial charge < -0.3 is 14.6 Å². The maximum absolute atomic E-state index is 11.0. The zero-order chi connectivity index (χ0) is 14.8. The highest BCUT2D eigenvalue weighted by Gasteiger charge is 2.23. The van der Waals surface area contributed by atoms with Gasteiger partial charge in [-0.25, -0.2) is 0 Å². The maximum Gasteiger partial charge on any atom is 0.311 e. The van der Waals surface area contributed by atoms with E-state index in [2.05, 4.69) is 15.5 Å². The highest BCUT2D eigenvalue weighted by molar-refractivity contribution is 5.62. The van der Waals surface area contributed by atoms with Crippen LogP contribution in [0.4, 0.5) is 5.69 Å². The van der Waals surface area contributed by atoms with Gasteiger partial charge in [0.1, 0.15) is 0 Å². The lowest BCUT2D eigenvalue weighted by Gasteiger charge is -2.02. The molecule has 2 heterocycles. The Hall–Kier alpha value is -2.48. The number of nitrogens with one attached hydrogen (secondary N) is 1. The fourth-order valence-electron chi connectivity index (χ4n) is 2.36. The Morgan fingerprint density at radius 1 is 1.52 bits per heavy atom. The van der Waals surface area contributed by atoms with E-state index >= 15 is 0 Å².